The molecule has 1 fully saturated rings. The highest BCUT2D eigenvalue weighted by molar-refractivity contribution is 5.07. The summed E-state index contributed by atoms with van der Waals surface area (Å²) < 4.78 is 0. The van der Waals surface area contributed by atoms with Gasteiger partial charge < -0.3 is 5.11 Å². The van der Waals surface area contributed by atoms with Crippen molar-refractivity contribution in [1.29, 1.82) is 5.26 Å². The standard InChI is InChI=1S/C15H27NO/c1-5-12(4)14(17)15(10-16)8-6-13(7-9-15)11(2)3/h11-14,17H,5-9H2,1-4H3. The molecule has 17 heavy (non-hydrogen) atoms. The molecule has 0 aromatic rings. The number of rotatable bonds is 4. The SMILES string of the molecule is CCC(C)C(O)C1(C#N)CCC(C(C)C)CC1. The highest BCUT2D eigenvalue weighted by atomic mass is 16.3. The molecule has 2 unspecified atom stereocenters. The van der Waals surface area contributed by atoms with Crippen LogP contribution in [0.25, 0.3) is 0 Å². The van der Waals surface area contributed by atoms with Crippen molar-refractivity contribution in [2.45, 2.75) is 65.9 Å². The zero-order chi connectivity index (χ0) is 13.1. The minimum absolute atomic E-state index is 0.227. The molecule has 0 aromatic heterocycles. The van der Waals surface area contributed by atoms with Crippen LogP contribution in [0, 0.1) is 34.5 Å². The summed E-state index contributed by atoms with van der Waals surface area (Å²) in [4.78, 5) is 0. The zero-order valence-corrected chi connectivity index (χ0v) is 11.7. The fraction of sp³-hybridized carbons (Fsp3) is 0.933. The molecular weight excluding hydrogens is 210 g/mol. The van der Waals surface area contributed by atoms with Crippen LogP contribution < -0.4 is 0 Å². The van der Waals surface area contributed by atoms with Gasteiger partial charge in [-0.3, -0.25) is 0 Å². The third kappa shape index (κ3) is 3.01. The van der Waals surface area contributed by atoms with Crippen molar-refractivity contribution >= 4 is 0 Å². The molecule has 1 N–H and O–H groups in total. The maximum atomic E-state index is 10.4. The lowest BCUT2D eigenvalue weighted by molar-refractivity contribution is -0.0150. The Morgan fingerprint density at radius 3 is 2.18 bits per heavy atom. The Morgan fingerprint density at radius 2 is 1.82 bits per heavy atom. The van der Waals surface area contributed by atoms with Crippen molar-refractivity contribution in [3.8, 4) is 6.07 Å². The van der Waals surface area contributed by atoms with E-state index in [2.05, 4.69) is 33.8 Å². The Bertz CT molecular complexity index is 271. The van der Waals surface area contributed by atoms with Crippen LogP contribution in [0.1, 0.15) is 59.8 Å². The van der Waals surface area contributed by atoms with E-state index in [9.17, 15) is 10.4 Å². The second kappa shape index (κ2) is 5.87. The van der Waals surface area contributed by atoms with E-state index < -0.39 is 11.5 Å². The van der Waals surface area contributed by atoms with E-state index in [0.29, 0.717) is 5.92 Å². The minimum atomic E-state index is -0.471. The zero-order valence-electron chi connectivity index (χ0n) is 11.7. The number of nitrogens with zero attached hydrogens (tertiary/aromatic N) is 1. The Balaban J connectivity index is 2.71. The van der Waals surface area contributed by atoms with Gasteiger partial charge in [0.1, 0.15) is 0 Å². The van der Waals surface area contributed by atoms with Crippen LogP contribution in [-0.4, -0.2) is 11.2 Å². The third-order valence-electron chi connectivity index (χ3n) is 4.84. The Labute approximate surface area is 106 Å². The first-order chi connectivity index (χ1) is 7.96. The van der Waals surface area contributed by atoms with E-state index in [4.69, 9.17) is 0 Å². The van der Waals surface area contributed by atoms with Crippen molar-refractivity contribution in [2.24, 2.45) is 23.2 Å². The molecule has 1 aliphatic carbocycles. The third-order valence-corrected chi connectivity index (χ3v) is 4.84. The van der Waals surface area contributed by atoms with Gasteiger partial charge in [-0.2, -0.15) is 5.26 Å². The molecule has 2 atom stereocenters. The number of nitriles is 1. The van der Waals surface area contributed by atoms with Gasteiger partial charge >= 0.3 is 0 Å². The Morgan fingerprint density at radius 1 is 1.29 bits per heavy atom. The molecule has 98 valence electrons. The van der Waals surface area contributed by atoms with Crippen molar-refractivity contribution in [2.75, 3.05) is 0 Å². The first-order valence-corrected chi connectivity index (χ1v) is 7.06. The summed E-state index contributed by atoms with van der Waals surface area (Å²) in [6, 6.07) is 2.44. The predicted octanol–water partition coefficient (Wildman–Crippen LogP) is 3.75. The van der Waals surface area contributed by atoms with Crippen molar-refractivity contribution in [3.63, 3.8) is 0 Å². The van der Waals surface area contributed by atoms with Crippen LogP contribution in [0.4, 0.5) is 0 Å². The van der Waals surface area contributed by atoms with Gasteiger partial charge in [0.05, 0.1) is 17.6 Å². The van der Waals surface area contributed by atoms with Crippen molar-refractivity contribution < 1.29 is 5.11 Å². The van der Waals surface area contributed by atoms with E-state index in [1.54, 1.807) is 0 Å². The Hall–Kier alpha value is -0.550. The summed E-state index contributed by atoms with van der Waals surface area (Å²) in [5.41, 5.74) is -0.471. The molecule has 0 heterocycles. The molecule has 1 saturated carbocycles. The van der Waals surface area contributed by atoms with Crippen molar-refractivity contribution in [3.05, 3.63) is 0 Å². The van der Waals surface area contributed by atoms with Gasteiger partial charge in [0.2, 0.25) is 0 Å². The lowest BCUT2D eigenvalue weighted by Gasteiger charge is -2.41. The average Bonchev–Trinajstić information content (AvgIpc) is 2.36. The smallest absolute Gasteiger partial charge is 0.0835 e. The van der Waals surface area contributed by atoms with Crippen LogP contribution in [0.3, 0.4) is 0 Å². The largest absolute Gasteiger partial charge is 0.391 e. The maximum absolute atomic E-state index is 10.4. The van der Waals surface area contributed by atoms with E-state index in [-0.39, 0.29) is 5.92 Å². The second-order valence-electron chi connectivity index (χ2n) is 6.18. The van der Waals surface area contributed by atoms with Crippen molar-refractivity contribution in [1.82, 2.24) is 0 Å². The minimum Gasteiger partial charge on any atom is -0.391 e. The van der Waals surface area contributed by atoms with Gasteiger partial charge in [0.25, 0.3) is 0 Å². The molecule has 1 rings (SSSR count). The van der Waals surface area contributed by atoms with Gasteiger partial charge in [0, 0.05) is 0 Å². The first-order valence-electron chi connectivity index (χ1n) is 7.06. The summed E-state index contributed by atoms with van der Waals surface area (Å²) >= 11 is 0. The molecule has 0 spiro atoms. The molecular formula is C15H27NO. The van der Waals surface area contributed by atoms with Gasteiger partial charge in [-0.05, 0) is 43.4 Å². The Kier molecular flexibility index (Phi) is 5.01. The molecule has 0 aliphatic heterocycles. The van der Waals surface area contributed by atoms with Crippen LogP contribution in [0.2, 0.25) is 0 Å². The normalized spacial score (nSPS) is 33.1. The first kappa shape index (κ1) is 14.5. The van der Waals surface area contributed by atoms with Crippen LogP contribution >= 0.6 is 0 Å². The molecule has 2 heteroatoms. The highest BCUT2D eigenvalue weighted by Gasteiger charge is 2.43. The number of aliphatic hydroxyl groups is 1. The molecule has 0 bridgehead atoms. The lowest BCUT2D eigenvalue weighted by Crippen LogP contribution is -2.41. The lowest BCUT2D eigenvalue weighted by atomic mass is 9.64. The fourth-order valence-electron chi connectivity index (χ4n) is 3.06. The summed E-state index contributed by atoms with van der Waals surface area (Å²) in [5, 5.41) is 19.9. The average molecular weight is 237 g/mol. The van der Waals surface area contributed by atoms with Crippen LogP contribution in [0.15, 0.2) is 0 Å². The van der Waals surface area contributed by atoms with Gasteiger partial charge in [-0.15, -0.1) is 0 Å². The summed E-state index contributed by atoms with van der Waals surface area (Å²) in [6.07, 6.45) is 4.43. The van der Waals surface area contributed by atoms with Crippen LogP contribution in [0.5, 0.6) is 0 Å². The van der Waals surface area contributed by atoms with Gasteiger partial charge in [-0.1, -0.05) is 34.1 Å². The topological polar surface area (TPSA) is 44.0 Å². The summed E-state index contributed by atoms with van der Waals surface area (Å²) in [7, 11) is 0. The number of hydrogen-bond donors (Lipinski definition) is 1. The van der Waals surface area contributed by atoms with Crippen LogP contribution in [-0.2, 0) is 0 Å². The monoisotopic (exact) mass is 237 g/mol. The van der Waals surface area contributed by atoms with Gasteiger partial charge in [-0.25, -0.2) is 0 Å². The summed E-state index contributed by atoms with van der Waals surface area (Å²) in [6.45, 7) is 8.65. The van der Waals surface area contributed by atoms with E-state index in [0.717, 1.165) is 38.0 Å². The molecule has 1 aliphatic rings. The molecule has 0 amide bonds. The second-order valence-corrected chi connectivity index (χ2v) is 6.18. The number of hydrogen-bond acceptors (Lipinski definition) is 2. The van der Waals surface area contributed by atoms with E-state index in [1.807, 2.05) is 0 Å². The number of aliphatic hydroxyl groups excluding tert-OH is 1. The summed E-state index contributed by atoms with van der Waals surface area (Å²) in [5.74, 6) is 1.67. The highest BCUT2D eigenvalue weighted by Crippen LogP contribution is 2.45. The predicted molar refractivity (Wildman–Crippen MR) is 70.3 cm³/mol. The quantitative estimate of drug-likeness (QED) is 0.809. The fourth-order valence-corrected chi connectivity index (χ4v) is 3.06. The molecule has 0 aromatic carbocycles. The van der Waals surface area contributed by atoms with E-state index in [1.165, 1.54) is 0 Å². The van der Waals surface area contributed by atoms with Gasteiger partial charge in [0.15, 0.2) is 0 Å². The molecule has 0 saturated heterocycles. The maximum Gasteiger partial charge on any atom is 0.0835 e. The van der Waals surface area contributed by atoms with E-state index >= 15 is 0 Å². The molecule has 2 nitrogen and oxygen atoms in total. The molecule has 0 radical (unpaired) electrons.